The largest absolute Gasteiger partial charge is 0.460 e. The number of ether oxygens (including phenoxy) is 1. The summed E-state index contributed by atoms with van der Waals surface area (Å²) in [6, 6.07) is 0. The van der Waals surface area contributed by atoms with Crippen molar-refractivity contribution in [3.05, 3.63) is 0 Å². The van der Waals surface area contributed by atoms with E-state index in [0.29, 0.717) is 25.7 Å². The minimum atomic E-state index is -0.656. The van der Waals surface area contributed by atoms with Gasteiger partial charge in [0.05, 0.1) is 5.60 Å². The van der Waals surface area contributed by atoms with Crippen LogP contribution in [0.5, 0.6) is 0 Å². The zero-order chi connectivity index (χ0) is 14.9. The smallest absolute Gasteiger partial charge is 0.306 e. The first-order valence-electron chi connectivity index (χ1n) is 7.66. The fourth-order valence-electron chi connectivity index (χ4n) is 2.00. The molecule has 3 heteroatoms. The Morgan fingerprint density at radius 1 is 1.05 bits per heavy atom. The normalized spacial score (nSPS) is 15.1. The van der Waals surface area contributed by atoms with Crippen molar-refractivity contribution in [1.82, 2.24) is 0 Å². The summed E-state index contributed by atoms with van der Waals surface area (Å²) in [5.74, 6) is -0.145. The summed E-state index contributed by atoms with van der Waals surface area (Å²) in [6.07, 6.45) is 6.81. The van der Waals surface area contributed by atoms with Crippen LogP contribution in [-0.2, 0) is 9.53 Å². The first kappa shape index (κ1) is 18.4. The predicted octanol–water partition coefficient (Wildman–Crippen LogP) is 4.22. The summed E-state index contributed by atoms with van der Waals surface area (Å²) in [6.45, 7) is 9.88. The van der Waals surface area contributed by atoms with E-state index in [4.69, 9.17) is 4.74 Å². The maximum Gasteiger partial charge on any atom is 0.306 e. The van der Waals surface area contributed by atoms with Gasteiger partial charge in [-0.05, 0) is 52.9 Å². The first-order chi connectivity index (χ1) is 8.72. The molecule has 0 aliphatic heterocycles. The van der Waals surface area contributed by atoms with Gasteiger partial charge in [-0.25, -0.2) is 0 Å². The molecule has 0 aromatic rings. The fourth-order valence-corrected chi connectivity index (χ4v) is 2.00. The number of carbonyl (C=O) groups is 1. The highest BCUT2D eigenvalue weighted by atomic mass is 16.6. The van der Waals surface area contributed by atoms with E-state index in [9.17, 15) is 9.90 Å². The lowest BCUT2D eigenvalue weighted by molar-refractivity contribution is -0.157. The summed E-state index contributed by atoms with van der Waals surface area (Å²) in [5, 5.41) is 9.86. The summed E-state index contributed by atoms with van der Waals surface area (Å²) >= 11 is 0. The lowest BCUT2D eigenvalue weighted by atomic mass is 9.96. The van der Waals surface area contributed by atoms with Crippen LogP contribution in [0, 0.1) is 0 Å². The number of rotatable bonds is 10. The number of carbonyl (C=O) groups excluding carboxylic acids is 1. The van der Waals surface area contributed by atoms with Crippen LogP contribution >= 0.6 is 0 Å². The van der Waals surface area contributed by atoms with Gasteiger partial charge in [0.15, 0.2) is 0 Å². The molecule has 0 rings (SSSR count). The topological polar surface area (TPSA) is 46.5 Å². The van der Waals surface area contributed by atoms with Gasteiger partial charge < -0.3 is 9.84 Å². The van der Waals surface area contributed by atoms with Crippen LogP contribution in [0.1, 0.15) is 86.0 Å². The molecule has 1 atom stereocenters. The molecule has 0 radical (unpaired) electrons. The summed E-state index contributed by atoms with van der Waals surface area (Å²) in [7, 11) is 0. The van der Waals surface area contributed by atoms with E-state index in [0.717, 1.165) is 12.8 Å². The molecule has 0 aromatic carbocycles. The second kappa shape index (κ2) is 8.57. The first-order valence-corrected chi connectivity index (χ1v) is 7.66. The lowest BCUT2D eigenvalue weighted by Crippen LogP contribution is -2.28. The molecule has 19 heavy (non-hydrogen) atoms. The van der Waals surface area contributed by atoms with Crippen LogP contribution < -0.4 is 0 Å². The molecular formula is C16H32O3. The van der Waals surface area contributed by atoms with Gasteiger partial charge in [0.2, 0.25) is 0 Å². The molecule has 0 aliphatic rings. The Morgan fingerprint density at radius 3 is 2.21 bits per heavy atom. The molecule has 0 saturated carbocycles. The standard InChI is InChI=1S/C16H32O3/c1-6-8-9-12-15(3,4)19-14(17)11-10-13-16(5,18)7-2/h18H,6-13H2,1-5H3. The summed E-state index contributed by atoms with van der Waals surface area (Å²) in [5.41, 5.74) is -1.02. The maximum atomic E-state index is 11.8. The molecular weight excluding hydrogens is 240 g/mol. The molecule has 0 amide bonds. The van der Waals surface area contributed by atoms with Crippen molar-refractivity contribution in [2.75, 3.05) is 0 Å². The highest BCUT2D eigenvalue weighted by molar-refractivity contribution is 5.69. The van der Waals surface area contributed by atoms with Crippen LogP contribution in [0.25, 0.3) is 0 Å². The quantitative estimate of drug-likeness (QED) is 0.478. The molecule has 0 saturated heterocycles. The Kier molecular flexibility index (Phi) is 8.31. The minimum Gasteiger partial charge on any atom is -0.460 e. The van der Waals surface area contributed by atoms with E-state index in [1.54, 1.807) is 0 Å². The molecule has 0 aromatic heterocycles. The van der Waals surface area contributed by atoms with Gasteiger partial charge in [0, 0.05) is 6.42 Å². The van der Waals surface area contributed by atoms with Gasteiger partial charge in [-0.3, -0.25) is 4.79 Å². The van der Waals surface area contributed by atoms with Crippen molar-refractivity contribution in [2.24, 2.45) is 0 Å². The van der Waals surface area contributed by atoms with E-state index in [-0.39, 0.29) is 11.6 Å². The molecule has 114 valence electrons. The Labute approximate surface area is 118 Å². The van der Waals surface area contributed by atoms with Crippen LogP contribution in [0.15, 0.2) is 0 Å². The molecule has 0 spiro atoms. The Balaban J connectivity index is 3.90. The highest BCUT2D eigenvalue weighted by Gasteiger charge is 2.23. The molecule has 0 heterocycles. The predicted molar refractivity (Wildman–Crippen MR) is 79.1 cm³/mol. The number of esters is 1. The van der Waals surface area contributed by atoms with Crippen LogP contribution in [0.4, 0.5) is 0 Å². The minimum absolute atomic E-state index is 0.145. The SMILES string of the molecule is CCCCCC(C)(C)OC(=O)CCCC(C)(O)CC. The number of hydrogen-bond acceptors (Lipinski definition) is 3. The average Bonchev–Trinajstić information content (AvgIpc) is 2.28. The maximum absolute atomic E-state index is 11.8. The van der Waals surface area contributed by atoms with Crippen LogP contribution in [0.2, 0.25) is 0 Å². The van der Waals surface area contributed by atoms with Gasteiger partial charge in [-0.15, -0.1) is 0 Å². The van der Waals surface area contributed by atoms with Gasteiger partial charge in [-0.2, -0.15) is 0 Å². The third-order valence-corrected chi connectivity index (χ3v) is 3.63. The van der Waals surface area contributed by atoms with Gasteiger partial charge in [-0.1, -0.05) is 26.7 Å². The third kappa shape index (κ3) is 9.94. The number of aliphatic hydroxyl groups is 1. The summed E-state index contributed by atoms with van der Waals surface area (Å²) < 4.78 is 5.51. The van der Waals surface area contributed by atoms with Gasteiger partial charge in [0.25, 0.3) is 0 Å². The zero-order valence-electron chi connectivity index (χ0n) is 13.4. The van der Waals surface area contributed by atoms with E-state index in [1.165, 1.54) is 12.8 Å². The second-order valence-corrected chi connectivity index (χ2v) is 6.39. The van der Waals surface area contributed by atoms with E-state index >= 15 is 0 Å². The Hall–Kier alpha value is -0.570. The highest BCUT2D eigenvalue weighted by Crippen LogP contribution is 2.21. The van der Waals surface area contributed by atoms with E-state index in [2.05, 4.69) is 6.92 Å². The van der Waals surface area contributed by atoms with Crippen molar-refractivity contribution < 1.29 is 14.6 Å². The monoisotopic (exact) mass is 272 g/mol. The molecule has 1 N–H and O–H groups in total. The van der Waals surface area contributed by atoms with Crippen molar-refractivity contribution in [1.29, 1.82) is 0 Å². The lowest BCUT2D eigenvalue weighted by Gasteiger charge is -2.26. The van der Waals surface area contributed by atoms with E-state index < -0.39 is 5.60 Å². The molecule has 0 fully saturated rings. The zero-order valence-corrected chi connectivity index (χ0v) is 13.4. The number of unbranched alkanes of at least 4 members (excludes halogenated alkanes) is 2. The Bertz CT molecular complexity index is 257. The van der Waals surface area contributed by atoms with E-state index in [1.807, 2.05) is 27.7 Å². The van der Waals surface area contributed by atoms with Crippen LogP contribution in [-0.4, -0.2) is 22.3 Å². The van der Waals surface area contributed by atoms with Gasteiger partial charge in [0.1, 0.15) is 5.60 Å². The van der Waals surface area contributed by atoms with Gasteiger partial charge >= 0.3 is 5.97 Å². The van der Waals surface area contributed by atoms with Crippen molar-refractivity contribution in [2.45, 2.75) is 97.2 Å². The Morgan fingerprint density at radius 2 is 1.68 bits per heavy atom. The third-order valence-electron chi connectivity index (χ3n) is 3.63. The molecule has 1 unspecified atom stereocenters. The second-order valence-electron chi connectivity index (χ2n) is 6.39. The van der Waals surface area contributed by atoms with Crippen molar-refractivity contribution in [3.63, 3.8) is 0 Å². The molecule has 3 nitrogen and oxygen atoms in total. The average molecular weight is 272 g/mol. The van der Waals surface area contributed by atoms with Crippen LogP contribution in [0.3, 0.4) is 0 Å². The molecule has 0 bridgehead atoms. The van der Waals surface area contributed by atoms with Crippen molar-refractivity contribution >= 4 is 5.97 Å². The molecule has 0 aliphatic carbocycles. The summed E-state index contributed by atoms with van der Waals surface area (Å²) in [4.78, 5) is 11.8. The number of hydrogen-bond donors (Lipinski definition) is 1. The van der Waals surface area contributed by atoms with Crippen molar-refractivity contribution in [3.8, 4) is 0 Å². The fraction of sp³-hybridized carbons (Fsp3) is 0.938.